The molecule has 0 aliphatic carbocycles. The summed E-state index contributed by atoms with van der Waals surface area (Å²) in [6.45, 7) is 1.96. The lowest BCUT2D eigenvalue weighted by Gasteiger charge is -2.12. The summed E-state index contributed by atoms with van der Waals surface area (Å²) in [5.74, 6) is 2.44. The van der Waals surface area contributed by atoms with Crippen molar-refractivity contribution in [2.24, 2.45) is 0 Å². The van der Waals surface area contributed by atoms with E-state index in [1.54, 1.807) is 18.2 Å². The smallest absolute Gasteiger partial charge is 0.207 e. The number of nitrogens with one attached hydrogen (secondary N) is 1. The van der Waals surface area contributed by atoms with Gasteiger partial charge in [-0.2, -0.15) is 4.72 Å². The van der Waals surface area contributed by atoms with E-state index in [4.69, 9.17) is 6.42 Å². The van der Waals surface area contributed by atoms with Crippen LogP contribution in [-0.4, -0.2) is 14.5 Å². The van der Waals surface area contributed by atoms with Gasteiger partial charge >= 0.3 is 0 Å². The number of terminal acetylenes is 1. The molecule has 0 bridgehead atoms. The molecule has 0 fully saturated rings. The third-order valence-corrected chi connectivity index (χ3v) is 4.14. The molecule has 5 heteroatoms. The lowest BCUT2D eigenvalue weighted by molar-refractivity contribution is 0.564. The third kappa shape index (κ3) is 4.15. The van der Waals surface area contributed by atoms with E-state index in [9.17, 15) is 8.42 Å². The maximum absolute atomic E-state index is 12.0. The molecule has 1 unspecified atom stereocenters. The van der Waals surface area contributed by atoms with Crippen LogP contribution >= 0.6 is 15.9 Å². The van der Waals surface area contributed by atoms with Crippen LogP contribution in [0.3, 0.4) is 0 Å². The molecule has 1 N–H and O–H groups in total. The second-order valence-corrected chi connectivity index (χ2v) is 6.22. The normalized spacial score (nSPS) is 13.0. The molecule has 0 spiro atoms. The fraction of sp³-hybridized carbons (Fsp3) is 0.333. The van der Waals surface area contributed by atoms with Crippen LogP contribution in [0.4, 0.5) is 0 Å². The van der Waals surface area contributed by atoms with E-state index < -0.39 is 16.1 Å². The van der Waals surface area contributed by atoms with E-state index in [1.165, 1.54) is 6.07 Å². The average molecular weight is 316 g/mol. The van der Waals surface area contributed by atoms with Gasteiger partial charge in [0, 0.05) is 4.47 Å². The molecule has 0 saturated carbocycles. The molecular weight excluding hydrogens is 302 g/mol. The minimum Gasteiger partial charge on any atom is -0.207 e. The minimum absolute atomic E-state index is 0.211. The molecule has 0 saturated heterocycles. The Kier molecular flexibility index (Phi) is 5.19. The Bertz CT molecular complexity index is 520. The van der Waals surface area contributed by atoms with Gasteiger partial charge in [-0.1, -0.05) is 41.3 Å². The van der Waals surface area contributed by atoms with E-state index in [0.29, 0.717) is 10.9 Å². The SMILES string of the molecule is C#CC(CCC)NS(=O)(=O)c1cccc(Br)c1. The summed E-state index contributed by atoms with van der Waals surface area (Å²) >= 11 is 3.24. The first-order valence-corrected chi connectivity index (χ1v) is 7.51. The molecule has 0 aliphatic heterocycles. The Morgan fingerprint density at radius 1 is 1.53 bits per heavy atom. The highest BCUT2D eigenvalue weighted by Crippen LogP contribution is 2.16. The second kappa shape index (κ2) is 6.20. The number of hydrogen-bond donors (Lipinski definition) is 1. The van der Waals surface area contributed by atoms with Crippen molar-refractivity contribution in [3.8, 4) is 12.3 Å². The predicted molar refractivity (Wildman–Crippen MR) is 72.0 cm³/mol. The first-order chi connectivity index (χ1) is 7.99. The highest BCUT2D eigenvalue weighted by Gasteiger charge is 2.18. The Balaban J connectivity index is 2.93. The van der Waals surface area contributed by atoms with Crippen LogP contribution in [0, 0.1) is 12.3 Å². The maximum atomic E-state index is 12.0. The minimum atomic E-state index is -3.54. The zero-order chi connectivity index (χ0) is 12.9. The molecule has 1 atom stereocenters. The molecule has 0 aliphatic rings. The van der Waals surface area contributed by atoms with Crippen LogP contribution in [-0.2, 0) is 10.0 Å². The average Bonchev–Trinajstić information content (AvgIpc) is 2.28. The maximum Gasteiger partial charge on any atom is 0.241 e. The summed E-state index contributed by atoms with van der Waals surface area (Å²) in [4.78, 5) is 0.211. The number of halogens is 1. The van der Waals surface area contributed by atoms with E-state index in [0.717, 1.165) is 6.42 Å². The van der Waals surface area contributed by atoms with E-state index in [2.05, 4.69) is 26.6 Å². The summed E-state index contributed by atoms with van der Waals surface area (Å²) in [6.07, 6.45) is 6.75. The molecule has 17 heavy (non-hydrogen) atoms. The Morgan fingerprint density at radius 2 is 2.24 bits per heavy atom. The topological polar surface area (TPSA) is 46.2 Å². The fourth-order valence-electron chi connectivity index (χ4n) is 1.35. The number of rotatable bonds is 5. The van der Waals surface area contributed by atoms with E-state index >= 15 is 0 Å². The van der Waals surface area contributed by atoms with Gasteiger partial charge in [0.05, 0.1) is 10.9 Å². The monoisotopic (exact) mass is 315 g/mol. The Hall–Kier alpha value is -0.830. The molecule has 0 radical (unpaired) electrons. The van der Waals surface area contributed by atoms with Gasteiger partial charge in [0.15, 0.2) is 0 Å². The van der Waals surface area contributed by atoms with Crippen LogP contribution in [0.1, 0.15) is 19.8 Å². The fourth-order valence-corrected chi connectivity index (χ4v) is 3.14. The van der Waals surface area contributed by atoms with Crippen LogP contribution < -0.4 is 4.72 Å². The molecule has 0 heterocycles. The Morgan fingerprint density at radius 3 is 2.76 bits per heavy atom. The summed E-state index contributed by atoms with van der Waals surface area (Å²) in [5, 5.41) is 0. The summed E-state index contributed by atoms with van der Waals surface area (Å²) in [5.41, 5.74) is 0. The number of benzene rings is 1. The quantitative estimate of drug-likeness (QED) is 0.849. The van der Waals surface area contributed by atoms with Crippen molar-refractivity contribution >= 4 is 26.0 Å². The second-order valence-electron chi connectivity index (χ2n) is 3.59. The first kappa shape index (κ1) is 14.2. The van der Waals surface area contributed by atoms with Crippen molar-refractivity contribution in [1.82, 2.24) is 4.72 Å². The third-order valence-electron chi connectivity index (χ3n) is 2.18. The van der Waals surface area contributed by atoms with Crippen molar-refractivity contribution < 1.29 is 8.42 Å². The van der Waals surface area contributed by atoms with Crippen molar-refractivity contribution in [2.75, 3.05) is 0 Å². The van der Waals surface area contributed by atoms with Gasteiger partial charge in [-0.15, -0.1) is 6.42 Å². The van der Waals surface area contributed by atoms with Crippen LogP contribution in [0.15, 0.2) is 33.6 Å². The highest BCUT2D eigenvalue weighted by atomic mass is 79.9. The molecule has 92 valence electrons. The first-order valence-electron chi connectivity index (χ1n) is 5.23. The number of hydrogen-bond acceptors (Lipinski definition) is 2. The van der Waals surface area contributed by atoms with Crippen LogP contribution in [0.2, 0.25) is 0 Å². The van der Waals surface area contributed by atoms with Crippen LogP contribution in [0.25, 0.3) is 0 Å². The molecule has 1 rings (SSSR count). The van der Waals surface area contributed by atoms with E-state index in [-0.39, 0.29) is 4.90 Å². The van der Waals surface area contributed by atoms with Crippen molar-refractivity contribution in [1.29, 1.82) is 0 Å². The zero-order valence-electron chi connectivity index (χ0n) is 9.48. The molecule has 0 amide bonds. The number of sulfonamides is 1. The van der Waals surface area contributed by atoms with E-state index in [1.807, 2.05) is 6.92 Å². The van der Waals surface area contributed by atoms with Gasteiger partial charge in [-0.3, -0.25) is 0 Å². The largest absolute Gasteiger partial charge is 0.241 e. The molecule has 1 aromatic rings. The molecule has 3 nitrogen and oxygen atoms in total. The highest BCUT2D eigenvalue weighted by molar-refractivity contribution is 9.10. The van der Waals surface area contributed by atoms with Gasteiger partial charge < -0.3 is 0 Å². The van der Waals surface area contributed by atoms with Gasteiger partial charge in [-0.05, 0) is 24.6 Å². The summed E-state index contributed by atoms with van der Waals surface area (Å²) in [7, 11) is -3.54. The zero-order valence-corrected chi connectivity index (χ0v) is 11.9. The van der Waals surface area contributed by atoms with Gasteiger partial charge in [0.1, 0.15) is 0 Å². The van der Waals surface area contributed by atoms with Crippen molar-refractivity contribution in [2.45, 2.75) is 30.7 Å². The van der Waals surface area contributed by atoms with Crippen molar-refractivity contribution in [3.63, 3.8) is 0 Å². The lowest BCUT2D eigenvalue weighted by Crippen LogP contribution is -2.33. The van der Waals surface area contributed by atoms with Gasteiger partial charge in [0.25, 0.3) is 0 Å². The predicted octanol–water partition coefficient (Wildman–Crippen LogP) is 2.53. The summed E-state index contributed by atoms with van der Waals surface area (Å²) < 4.78 is 27.2. The standard InChI is InChI=1S/C12H14BrNO2S/c1-3-6-11(4-2)14-17(15,16)12-8-5-7-10(13)9-12/h2,5,7-9,11,14H,3,6H2,1H3. The molecule has 0 aromatic heterocycles. The van der Waals surface area contributed by atoms with Gasteiger partial charge in [0.2, 0.25) is 10.0 Å². The molecule has 1 aromatic carbocycles. The Labute approximate surface area is 111 Å². The van der Waals surface area contributed by atoms with Crippen LogP contribution in [0.5, 0.6) is 0 Å². The summed E-state index contributed by atoms with van der Waals surface area (Å²) in [6, 6.07) is 6.06. The molecular formula is C12H14BrNO2S. The van der Waals surface area contributed by atoms with Gasteiger partial charge in [-0.25, -0.2) is 8.42 Å². The van der Waals surface area contributed by atoms with Crippen molar-refractivity contribution in [3.05, 3.63) is 28.7 Å². The lowest BCUT2D eigenvalue weighted by atomic mass is 10.2.